The van der Waals surface area contributed by atoms with Gasteiger partial charge in [0.1, 0.15) is 5.75 Å². The van der Waals surface area contributed by atoms with Crippen molar-refractivity contribution in [1.82, 2.24) is 0 Å². The molecule has 0 aliphatic heterocycles. The first-order valence-electron chi connectivity index (χ1n) is 8.73. The van der Waals surface area contributed by atoms with Gasteiger partial charge < -0.3 is 5.11 Å². The van der Waals surface area contributed by atoms with Crippen LogP contribution in [0.2, 0.25) is 0 Å². The zero-order valence-electron chi connectivity index (χ0n) is 14.6. The Hall–Kier alpha value is -3.32. The third-order valence-corrected chi connectivity index (χ3v) is 4.15. The van der Waals surface area contributed by atoms with Crippen LogP contribution in [-0.2, 0) is 0 Å². The molecule has 0 amide bonds. The first-order valence-corrected chi connectivity index (χ1v) is 8.73. The predicted octanol–water partition coefficient (Wildman–Crippen LogP) is 6.26. The van der Waals surface area contributed by atoms with Gasteiger partial charge in [0.15, 0.2) is 0 Å². The fourth-order valence-corrected chi connectivity index (χ4v) is 2.94. The van der Waals surface area contributed by atoms with E-state index in [1.165, 1.54) is 16.7 Å². The predicted molar refractivity (Wildman–Crippen MR) is 108 cm³/mol. The number of para-hydroxylation sites is 1. The molecule has 0 heterocycles. The Morgan fingerprint density at radius 2 is 0.654 bits per heavy atom. The van der Waals surface area contributed by atoms with E-state index in [0.29, 0.717) is 11.7 Å². The van der Waals surface area contributed by atoms with E-state index < -0.39 is 0 Å². The van der Waals surface area contributed by atoms with E-state index >= 15 is 0 Å². The molecular formula is C25H22O. The van der Waals surface area contributed by atoms with E-state index in [2.05, 4.69) is 91.0 Å². The lowest BCUT2D eigenvalue weighted by molar-refractivity contribution is 0.475. The Morgan fingerprint density at radius 3 is 0.885 bits per heavy atom. The van der Waals surface area contributed by atoms with Crippen molar-refractivity contribution in [3.8, 4) is 5.75 Å². The quantitative estimate of drug-likeness (QED) is 0.437. The van der Waals surface area contributed by atoms with Crippen LogP contribution in [0.3, 0.4) is 0 Å². The molecule has 4 aromatic rings. The van der Waals surface area contributed by atoms with Crippen LogP contribution >= 0.6 is 0 Å². The molecule has 0 aliphatic rings. The number of phenolic OH excluding ortho intramolecular Hbond substituents is 1. The summed E-state index contributed by atoms with van der Waals surface area (Å²) in [6.45, 7) is 0. The highest BCUT2D eigenvalue weighted by Crippen LogP contribution is 2.31. The van der Waals surface area contributed by atoms with E-state index in [0.717, 1.165) is 0 Å². The number of benzene rings is 4. The van der Waals surface area contributed by atoms with E-state index in [9.17, 15) is 0 Å². The summed E-state index contributed by atoms with van der Waals surface area (Å²) >= 11 is 0. The van der Waals surface area contributed by atoms with Crippen molar-refractivity contribution in [3.05, 3.63) is 138 Å². The molecule has 0 spiro atoms. The lowest BCUT2D eigenvalue weighted by Crippen LogP contribution is -2.02. The van der Waals surface area contributed by atoms with Crippen LogP contribution in [0, 0.1) is 0 Å². The van der Waals surface area contributed by atoms with E-state index in [4.69, 9.17) is 5.11 Å². The molecule has 0 bridgehead atoms. The van der Waals surface area contributed by atoms with Crippen LogP contribution < -0.4 is 0 Å². The summed E-state index contributed by atoms with van der Waals surface area (Å²) in [7, 11) is 0. The van der Waals surface area contributed by atoms with Gasteiger partial charge in [-0.25, -0.2) is 0 Å². The molecule has 1 N–H and O–H groups in total. The molecule has 128 valence electrons. The molecule has 1 heteroatoms. The van der Waals surface area contributed by atoms with E-state index in [-0.39, 0.29) is 0 Å². The molecule has 0 radical (unpaired) electrons. The second-order valence-corrected chi connectivity index (χ2v) is 6.00. The first kappa shape index (κ1) is 17.5. The molecule has 0 unspecified atom stereocenters. The lowest BCUT2D eigenvalue weighted by Gasteiger charge is -2.18. The van der Waals surface area contributed by atoms with Crippen molar-refractivity contribution in [2.45, 2.75) is 5.92 Å². The number of hydrogen-bond acceptors (Lipinski definition) is 1. The third-order valence-electron chi connectivity index (χ3n) is 4.15. The average Bonchev–Trinajstić information content (AvgIpc) is 2.72. The minimum atomic E-state index is 0.309. The molecule has 0 saturated heterocycles. The van der Waals surface area contributed by atoms with Gasteiger partial charge in [0.25, 0.3) is 0 Å². The van der Waals surface area contributed by atoms with Gasteiger partial charge in [-0.1, -0.05) is 109 Å². The van der Waals surface area contributed by atoms with E-state index in [1.54, 1.807) is 24.3 Å². The lowest BCUT2D eigenvalue weighted by atomic mass is 9.85. The highest BCUT2D eigenvalue weighted by atomic mass is 16.3. The molecular weight excluding hydrogens is 316 g/mol. The normalized spacial score (nSPS) is 10.0. The summed E-state index contributed by atoms with van der Waals surface area (Å²) in [6, 6.07) is 40.7. The monoisotopic (exact) mass is 338 g/mol. The number of rotatable bonds is 3. The first-order chi connectivity index (χ1) is 12.8. The zero-order valence-corrected chi connectivity index (χ0v) is 14.6. The molecule has 0 aromatic heterocycles. The van der Waals surface area contributed by atoms with Crippen LogP contribution in [0.4, 0.5) is 0 Å². The summed E-state index contributed by atoms with van der Waals surface area (Å²) in [5.41, 5.74) is 4.00. The van der Waals surface area contributed by atoms with Gasteiger partial charge in [0, 0.05) is 5.92 Å². The van der Waals surface area contributed by atoms with Crippen molar-refractivity contribution >= 4 is 0 Å². The van der Waals surface area contributed by atoms with Gasteiger partial charge in [-0.05, 0) is 28.8 Å². The van der Waals surface area contributed by atoms with Crippen molar-refractivity contribution in [2.75, 3.05) is 0 Å². The van der Waals surface area contributed by atoms with E-state index in [1.807, 2.05) is 6.07 Å². The highest BCUT2D eigenvalue weighted by molar-refractivity contribution is 5.42. The molecule has 0 saturated carbocycles. The van der Waals surface area contributed by atoms with Gasteiger partial charge in [-0.15, -0.1) is 0 Å². The van der Waals surface area contributed by atoms with Crippen molar-refractivity contribution in [1.29, 1.82) is 0 Å². The molecule has 4 rings (SSSR count). The topological polar surface area (TPSA) is 20.2 Å². The van der Waals surface area contributed by atoms with Crippen LogP contribution in [0.25, 0.3) is 0 Å². The van der Waals surface area contributed by atoms with Crippen LogP contribution in [0.5, 0.6) is 5.75 Å². The van der Waals surface area contributed by atoms with Gasteiger partial charge in [-0.2, -0.15) is 0 Å². The fourth-order valence-electron chi connectivity index (χ4n) is 2.94. The Labute approximate surface area is 155 Å². The Kier molecular flexibility index (Phi) is 6.22. The van der Waals surface area contributed by atoms with Crippen molar-refractivity contribution in [3.63, 3.8) is 0 Å². The maximum absolute atomic E-state index is 8.63. The number of aromatic hydroxyl groups is 1. The van der Waals surface area contributed by atoms with Crippen LogP contribution in [-0.4, -0.2) is 5.11 Å². The number of phenols is 1. The number of hydrogen-bond donors (Lipinski definition) is 1. The van der Waals surface area contributed by atoms with Gasteiger partial charge in [-0.3, -0.25) is 0 Å². The third kappa shape index (κ3) is 4.84. The molecule has 1 nitrogen and oxygen atoms in total. The minimum absolute atomic E-state index is 0.309. The zero-order chi connectivity index (χ0) is 18.0. The van der Waals surface area contributed by atoms with Crippen LogP contribution in [0.1, 0.15) is 22.6 Å². The standard InChI is InChI=1S/C19H16.C6H6O/c1-4-10-16(11-5-1)19(17-12-6-2-7-13-17)18-14-8-3-9-15-18;7-6-4-2-1-3-5-6/h1-15,19H;1-5,7H. The van der Waals surface area contributed by atoms with Crippen molar-refractivity contribution < 1.29 is 5.11 Å². The fraction of sp³-hybridized carbons (Fsp3) is 0.0400. The van der Waals surface area contributed by atoms with Gasteiger partial charge >= 0.3 is 0 Å². The second-order valence-electron chi connectivity index (χ2n) is 6.00. The Morgan fingerprint density at radius 1 is 0.385 bits per heavy atom. The summed E-state index contributed by atoms with van der Waals surface area (Å²) in [4.78, 5) is 0. The minimum Gasteiger partial charge on any atom is -0.508 e. The molecule has 0 fully saturated rings. The maximum atomic E-state index is 8.63. The average molecular weight is 338 g/mol. The summed E-state index contributed by atoms with van der Waals surface area (Å²) in [6.07, 6.45) is 0. The van der Waals surface area contributed by atoms with Crippen LogP contribution in [0.15, 0.2) is 121 Å². The highest BCUT2D eigenvalue weighted by Gasteiger charge is 2.15. The van der Waals surface area contributed by atoms with Crippen molar-refractivity contribution in [2.24, 2.45) is 0 Å². The van der Waals surface area contributed by atoms with Gasteiger partial charge in [0.05, 0.1) is 0 Å². The summed E-state index contributed by atoms with van der Waals surface area (Å²) in [5, 5.41) is 8.63. The SMILES string of the molecule is Oc1ccccc1.c1ccc(C(c2ccccc2)c2ccccc2)cc1. The Bertz CT molecular complexity index is 778. The van der Waals surface area contributed by atoms with Gasteiger partial charge in [0.2, 0.25) is 0 Å². The Balaban J connectivity index is 0.000000236. The molecule has 26 heavy (non-hydrogen) atoms. The summed E-state index contributed by atoms with van der Waals surface area (Å²) in [5.74, 6) is 0.631. The molecule has 0 aliphatic carbocycles. The molecule has 4 aromatic carbocycles. The molecule has 0 atom stereocenters. The largest absolute Gasteiger partial charge is 0.508 e. The summed E-state index contributed by atoms with van der Waals surface area (Å²) < 4.78 is 0. The smallest absolute Gasteiger partial charge is 0.115 e. The maximum Gasteiger partial charge on any atom is 0.115 e. The second kappa shape index (κ2) is 9.24.